The summed E-state index contributed by atoms with van der Waals surface area (Å²) in [5.74, 6) is -1.96. The number of halogens is 1. The number of carbonyl (C=O) groups is 4. The molecule has 17 nitrogen and oxygen atoms in total. The number of nitrogens with zero attached hydrogens (tertiary/aromatic N) is 7. The molecule has 0 bridgehead atoms. The highest BCUT2D eigenvalue weighted by atomic mass is 19.1. The summed E-state index contributed by atoms with van der Waals surface area (Å²) >= 11 is 0. The number of cyclic esters (lactones) is 1. The van der Waals surface area contributed by atoms with Crippen molar-refractivity contribution in [1.29, 1.82) is 0 Å². The first-order chi connectivity index (χ1) is 29.1. The number of amides is 2. The fraction of sp³-hybridized carbons (Fsp3) is 0.442. The molecule has 2 amide bonds. The number of Topliss-reactive ketones (excluding diaryl/α,β-unsaturated/α-hetero) is 1. The Balaban J connectivity index is 1.06. The average Bonchev–Trinajstić information content (AvgIpc) is 3.61. The number of esters is 1. The minimum atomic E-state index is -2.02. The van der Waals surface area contributed by atoms with Crippen molar-refractivity contribution in [2.24, 2.45) is 5.11 Å². The number of carbonyl (C=O) groups excluding carboxylic acids is 4. The first kappa shape index (κ1) is 42.9. The van der Waals surface area contributed by atoms with Crippen molar-refractivity contribution in [2.75, 3.05) is 40.5 Å². The highest BCUT2D eigenvalue weighted by molar-refractivity contribution is 5.94. The van der Waals surface area contributed by atoms with E-state index in [1.807, 2.05) is 19.0 Å². The van der Waals surface area contributed by atoms with Crippen LogP contribution in [0.25, 0.3) is 32.7 Å². The zero-order valence-corrected chi connectivity index (χ0v) is 34.6. The highest BCUT2D eigenvalue weighted by Crippen LogP contribution is 2.46. The minimum absolute atomic E-state index is 0.0216. The number of pyridine rings is 2. The lowest BCUT2D eigenvalue weighted by Crippen LogP contribution is -2.44. The maximum Gasteiger partial charge on any atom is 0.411 e. The lowest BCUT2D eigenvalue weighted by atomic mass is 9.81. The zero-order chi connectivity index (χ0) is 43.7. The molecular formula is C43H47FN8O9. The van der Waals surface area contributed by atoms with Crippen LogP contribution in [0.3, 0.4) is 0 Å². The molecule has 4 heterocycles. The normalized spacial score (nSPS) is 17.8. The molecule has 3 aliphatic rings. The van der Waals surface area contributed by atoms with E-state index in [0.717, 1.165) is 11.1 Å². The van der Waals surface area contributed by atoms with Crippen LogP contribution in [0.5, 0.6) is 0 Å². The van der Waals surface area contributed by atoms with Crippen molar-refractivity contribution in [3.05, 3.63) is 108 Å². The van der Waals surface area contributed by atoms with Gasteiger partial charge in [0.05, 0.1) is 41.1 Å². The van der Waals surface area contributed by atoms with Crippen LogP contribution in [0, 0.1) is 12.7 Å². The van der Waals surface area contributed by atoms with Gasteiger partial charge in [0.25, 0.3) is 5.56 Å². The molecule has 61 heavy (non-hydrogen) atoms. The summed E-state index contributed by atoms with van der Waals surface area (Å²) in [7, 11) is 3.71. The largest absolute Gasteiger partial charge is 0.458 e. The predicted molar refractivity (Wildman–Crippen MR) is 218 cm³/mol. The molecule has 2 N–H and O–H groups in total. The van der Waals surface area contributed by atoms with Gasteiger partial charge in [0.1, 0.15) is 38.2 Å². The van der Waals surface area contributed by atoms with Gasteiger partial charge in [-0.2, -0.15) is 0 Å². The first-order valence-corrected chi connectivity index (χ1v) is 20.0. The predicted octanol–water partition coefficient (Wildman–Crippen LogP) is 4.62. The van der Waals surface area contributed by atoms with Crippen molar-refractivity contribution < 1.29 is 42.9 Å². The number of rotatable bonds is 15. The summed E-state index contributed by atoms with van der Waals surface area (Å²) in [6.45, 7) is 4.70. The molecule has 0 unspecified atom stereocenters. The number of nitrogens with one attached hydrogen (secondary N) is 1. The molecule has 0 spiro atoms. The number of benzene rings is 2. The third-order valence-corrected chi connectivity index (χ3v) is 11.7. The Morgan fingerprint density at radius 1 is 1.15 bits per heavy atom. The molecule has 18 heteroatoms. The Morgan fingerprint density at radius 2 is 1.89 bits per heavy atom. The Bertz CT molecular complexity index is 2550. The topological polar surface area (TPSA) is 218 Å². The third kappa shape index (κ3) is 8.31. The molecule has 2 aromatic carbocycles. The van der Waals surface area contributed by atoms with Gasteiger partial charge in [0.2, 0.25) is 5.91 Å². The van der Waals surface area contributed by atoms with E-state index >= 15 is 4.39 Å². The van der Waals surface area contributed by atoms with E-state index in [-0.39, 0.29) is 62.8 Å². The van der Waals surface area contributed by atoms with E-state index in [4.69, 9.17) is 24.7 Å². The van der Waals surface area contributed by atoms with Crippen LogP contribution in [0.4, 0.5) is 9.18 Å². The number of hydrogen-bond acceptors (Lipinski definition) is 12. The lowest BCUT2D eigenvalue weighted by Gasteiger charge is -2.31. The summed E-state index contributed by atoms with van der Waals surface area (Å²) in [4.78, 5) is 76.6. The monoisotopic (exact) mass is 838 g/mol. The van der Waals surface area contributed by atoms with Crippen molar-refractivity contribution in [1.82, 2.24) is 24.7 Å². The van der Waals surface area contributed by atoms with Crippen molar-refractivity contribution in [2.45, 2.75) is 83.9 Å². The quantitative estimate of drug-likeness (QED) is 0.0488. The Hall–Kier alpha value is -6.20. The van der Waals surface area contributed by atoms with Crippen molar-refractivity contribution >= 4 is 34.7 Å². The molecular weight excluding hydrogens is 792 g/mol. The summed E-state index contributed by atoms with van der Waals surface area (Å²) in [5, 5.41) is 18.6. The Labute approximate surface area is 350 Å². The summed E-state index contributed by atoms with van der Waals surface area (Å²) < 4.78 is 33.4. The first-order valence-electron chi connectivity index (χ1n) is 20.0. The van der Waals surface area contributed by atoms with Crippen molar-refractivity contribution in [3.63, 3.8) is 0 Å². The van der Waals surface area contributed by atoms with Crippen molar-refractivity contribution in [3.8, 4) is 11.4 Å². The number of aliphatic hydroxyl groups is 1. The summed E-state index contributed by atoms with van der Waals surface area (Å²) in [6, 6.07) is 8.54. The van der Waals surface area contributed by atoms with Crippen LogP contribution in [0.15, 0.2) is 46.3 Å². The molecule has 2 aliphatic heterocycles. The number of likely N-dealkylation sites (N-methyl/N-ethyl adjacent to an activating group) is 1. The molecule has 7 rings (SSSR count). The van der Waals surface area contributed by atoms with Crippen LogP contribution in [-0.4, -0.2) is 94.8 Å². The van der Waals surface area contributed by atoms with Gasteiger partial charge < -0.3 is 34.1 Å². The third-order valence-electron chi connectivity index (χ3n) is 11.7. The van der Waals surface area contributed by atoms with Gasteiger partial charge in [0, 0.05) is 47.0 Å². The molecule has 0 saturated heterocycles. The van der Waals surface area contributed by atoms with Crippen LogP contribution in [-0.2, 0) is 66.8 Å². The number of ether oxygens (including phenoxy) is 3. The van der Waals surface area contributed by atoms with E-state index in [2.05, 4.69) is 15.3 Å². The number of ketones is 1. The van der Waals surface area contributed by atoms with Gasteiger partial charge >= 0.3 is 12.1 Å². The number of aromatic nitrogens is 2. The van der Waals surface area contributed by atoms with Crippen LogP contribution < -0.4 is 10.9 Å². The zero-order valence-electron chi connectivity index (χ0n) is 34.6. The molecule has 0 radical (unpaired) electrons. The van der Waals surface area contributed by atoms with Gasteiger partial charge in [-0.25, -0.2) is 19.0 Å². The van der Waals surface area contributed by atoms with Crippen LogP contribution >= 0.6 is 0 Å². The summed E-state index contributed by atoms with van der Waals surface area (Å²) in [5.41, 5.74) is 11.6. The van der Waals surface area contributed by atoms with Crippen LogP contribution in [0.2, 0.25) is 0 Å². The fourth-order valence-electron chi connectivity index (χ4n) is 8.19. The molecule has 4 aromatic rings. The summed E-state index contributed by atoms with van der Waals surface area (Å²) in [6.07, 6.45) is 0.282. The number of azide groups is 1. The molecule has 3 atom stereocenters. The lowest BCUT2D eigenvalue weighted by molar-refractivity contribution is -0.172. The number of fused-ring (bicyclic) bond motifs is 5. The van der Waals surface area contributed by atoms with Gasteiger partial charge in [-0.1, -0.05) is 36.3 Å². The van der Waals surface area contributed by atoms with E-state index in [0.29, 0.717) is 63.9 Å². The fourth-order valence-corrected chi connectivity index (χ4v) is 8.19. The second-order valence-corrected chi connectivity index (χ2v) is 15.9. The molecule has 1 aliphatic carbocycles. The second-order valence-electron chi connectivity index (χ2n) is 15.9. The number of aryl methyl sites for hydroxylation is 1. The maximum atomic E-state index is 15.3. The standard InChI is InChI=1S/C43H47FN8O9/c1-6-43(58)30-16-34-39-28(18-52(34)40(55)29(30)20-60-41(43)56)38-32(12-11-27-23(2)31(44)17-33(47-39)37(27)38)46-36(54)21-59-22-51(14-13-50(4)5)42(57)61-19-26-9-7-25(8-10-26)15-35(53)24(3)48-49-45/h7-10,16-17,24,32,58H,6,11-15,18-22H2,1-5H3,(H,46,54)/t24-,32-,43-/m0/s1. The molecule has 2 aromatic heterocycles. The molecule has 0 saturated carbocycles. The van der Waals surface area contributed by atoms with E-state index < -0.39 is 53.6 Å². The smallest absolute Gasteiger partial charge is 0.411 e. The van der Waals surface area contributed by atoms with Gasteiger partial charge in [0.15, 0.2) is 5.60 Å². The Kier molecular flexibility index (Phi) is 12.3. The average molecular weight is 839 g/mol. The molecule has 320 valence electrons. The SMILES string of the molecule is CC[C@@]1(O)C(=O)OCc2c1cc1n(c2=O)Cc2c-1nc1cc(F)c(C)c3c1c2[C@@H](NC(=O)COCN(CCN(C)C)C(=O)OCc1ccc(CC(=O)[C@H](C)N=[N+]=[N-])cc1)CC3. The highest BCUT2D eigenvalue weighted by Gasteiger charge is 2.46. The van der Waals surface area contributed by atoms with Crippen LogP contribution in [0.1, 0.15) is 77.2 Å². The number of hydrogen-bond donors (Lipinski definition) is 2. The minimum Gasteiger partial charge on any atom is -0.458 e. The van der Waals surface area contributed by atoms with E-state index in [1.165, 1.54) is 22.5 Å². The molecule has 0 fully saturated rings. The van der Waals surface area contributed by atoms with Gasteiger partial charge in [-0.05, 0) is 86.6 Å². The van der Waals surface area contributed by atoms with E-state index in [9.17, 15) is 29.1 Å². The van der Waals surface area contributed by atoms with Gasteiger partial charge in [-0.3, -0.25) is 19.3 Å². The Morgan fingerprint density at radius 3 is 2.59 bits per heavy atom. The maximum absolute atomic E-state index is 15.3. The second kappa shape index (κ2) is 17.4. The van der Waals surface area contributed by atoms with Gasteiger partial charge in [-0.15, -0.1) is 0 Å². The van der Waals surface area contributed by atoms with E-state index in [1.54, 1.807) is 44.2 Å².